The van der Waals surface area contributed by atoms with Gasteiger partial charge < -0.3 is 10.8 Å². The third-order valence-corrected chi connectivity index (χ3v) is 1.31. The van der Waals surface area contributed by atoms with Gasteiger partial charge >= 0.3 is 5.97 Å². The molecule has 0 heterocycles. The van der Waals surface area contributed by atoms with Crippen LogP contribution in [0.15, 0.2) is 0 Å². The molecule has 0 aliphatic carbocycles. The maximum Gasteiger partial charge on any atom is 0.322 e. The van der Waals surface area contributed by atoms with Crippen LogP contribution in [0.3, 0.4) is 0 Å². The van der Waals surface area contributed by atoms with Gasteiger partial charge in [-0.1, -0.05) is 0 Å². The van der Waals surface area contributed by atoms with Gasteiger partial charge in [0.15, 0.2) is 0 Å². The van der Waals surface area contributed by atoms with Crippen LogP contribution in [-0.4, -0.2) is 30.1 Å². The van der Waals surface area contributed by atoms with Gasteiger partial charge in [0.2, 0.25) is 6.41 Å². The highest BCUT2D eigenvalue weighted by Gasteiger charge is 2.14. The molecule has 0 saturated heterocycles. The Morgan fingerprint density at radius 2 is 2.33 bits per heavy atom. The molecule has 6 heteroatoms. The molecule has 0 aromatic rings. The van der Waals surface area contributed by atoms with E-state index >= 15 is 0 Å². The summed E-state index contributed by atoms with van der Waals surface area (Å²) in [7, 11) is 0. The topological polar surface area (TPSA) is 104 Å². The van der Waals surface area contributed by atoms with E-state index in [0.29, 0.717) is 25.8 Å². The van der Waals surface area contributed by atoms with Gasteiger partial charge in [-0.15, -0.1) is 0 Å². The number of hydrogen-bond donors (Lipinski definition) is 4. The average molecular weight is 175 g/mol. The summed E-state index contributed by atoms with van der Waals surface area (Å²) >= 11 is 0. The molecule has 0 aliphatic rings. The van der Waals surface area contributed by atoms with Crippen molar-refractivity contribution >= 4 is 12.4 Å². The maximum atomic E-state index is 10.5. The van der Waals surface area contributed by atoms with Crippen LogP contribution < -0.4 is 16.6 Å². The summed E-state index contributed by atoms with van der Waals surface area (Å²) in [6, 6.07) is -0.765. The largest absolute Gasteiger partial charge is 0.480 e. The van der Waals surface area contributed by atoms with E-state index in [1.165, 1.54) is 0 Å². The van der Waals surface area contributed by atoms with Gasteiger partial charge in [0.1, 0.15) is 6.04 Å². The van der Waals surface area contributed by atoms with E-state index < -0.39 is 12.0 Å². The molecule has 1 amide bonds. The number of hydrazine groups is 1. The molecule has 0 fully saturated rings. The molecule has 0 spiro atoms. The predicted octanol–water partition coefficient (Wildman–Crippen LogP) is -1.57. The van der Waals surface area contributed by atoms with Crippen molar-refractivity contribution in [3.8, 4) is 0 Å². The zero-order valence-electron chi connectivity index (χ0n) is 6.62. The number of carboxylic acid groups (broad SMARTS) is 1. The lowest BCUT2D eigenvalue weighted by Gasteiger charge is -2.11. The molecular weight excluding hydrogens is 162 g/mol. The second kappa shape index (κ2) is 6.56. The standard InChI is InChI=1S/C6H13N3O3/c7-3-1-2-5(6(11)12)9-8-4-10/h4-5,9H,1-3,7H2,(H,8,10)(H,11,12)/t5-/m0/s1. The summed E-state index contributed by atoms with van der Waals surface area (Å²) in [5.74, 6) is -1.00. The molecule has 0 aromatic heterocycles. The lowest BCUT2D eigenvalue weighted by atomic mass is 10.2. The van der Waals surface area contributed by atoms with Crippen LogP contribution in [0.5, 0.6) is 0 Å². The van der Waals surface area contributed by atoms with E-state index in [-0.39, 0.29) is 0 Å². The highest BCUT2D eigenvalue weighted by Crippen LogP contribution is 1.94. The fourth-order valence-electron chi connectivity index (χ4n) is 0.714. The van der Waals surface area contributed by atoms with Crippen LogP contribution >= 0.6 is 0 Å². The van der Waals surface area contributed by atoms with Crippen LogP contribution in [0.2, 0.25) is 0 Å². The highest BCUT2D eigenvalue weighted by atomic mass is 16.4. The first-order valence-electron chi connectivity index (χ1n) is 3.60. The fraction of sp³-hybridized carbons (Fsp3) is 0.667. The van der Waals surface area contributed by atoms with Crippen LogP contribution in [0.25, 0.3) is 0 Å². The summed E-state index contributed by atoms with van der Waals surface area (Å²) in [4.78, 5) is 20.3. The van der Waals surface area contributed by atoms with Crippen molar-refractivity contribution in [1.29, 1.82) is 0 Å². The number of nitrogens with one attached hydrogen (secondary N) is 2. The van der Waals surface area contributed by atoms with E-state index in [2.05, 4.69) is 10.9 Å². The van der Waals surface area contributed by atoms with Gasteiger partial charge in [0, 0.05) is 0 Å². The van der Waals surface area contributed by atoms with Gasteiger partial charge in [-0.3, -0.25) is 15.0 Å². The molecule has 0 bridgehead atoms. The first-order valence-corrected chi connectivity index (χ1v) is 3.60. The van der Waals surface area contributed by atoms with Crippen LogP contribution in [0.4, 0.5) is 0 Å². The van der Waals surface area contributed by atoms with Crippen molar-refractivity contribution in [1.82, 2.24) is 10.9 Å². The van der Waals surface area contributed by atoms with Crippen molar-refractivity contribution in [3.63, 3.8) is 0 Å². The fourth-order valence-corrected chi connectivity index (χ4v) is 0.714. The van der Waals surface area contributed by atoms with Crippen molar-refractivity contribution in [2.24, 2.45) is 5.73 Å². The third-order valence-electron chi connectivity index (χ3n) is 1.31. The lowest BCUT2D eigenvalue weighted by molar-refractivity contribution is -0.140. The monoisotopic (exact) mass is 175 g/mol. The average Bonchev–Trinajstić information content (AvgIpc) is 2.04. The second-order valence-electron chi connectivity index (χ2n) is 2.23. The summed E-state index contributed by atoms with van der Waals surface area (Å²) in [5, 5.41) is 8.57. The number of amides is 1. The molecule has 0 aliphatic heterocycles. The summed E-state index contributed by atoms with van der Waals surface area (Å²) in [6.07, 6.45) is 1.38. The number of rotatable bonds is 7. The molecule has 0 aromatic carbocycles. The number of carbonyl (C=O) groups excluding carboxylic acids is 1. The third kappa shape index (κ3) is 4.64. The number of carboxylic acids is 1. The van der Waals surface area contributed by atoms with Gasteiger partial charge in [-0.2, -0.15) is 0 Å². The molecule has 0 saturated carbocycles. The number of nitrogens with two attached hydrogens (primary N) is 1. The Kier molecular flexibility index (Phi) is 5.94. The molecule has 6 nitrogen and oxygen atoms in total. The van der Waals surface area contributed by atoms with Crippen molar-refractivity contribution in [3.05, 3.63) is 0 Å². The van der Waals surface area contributed by atoms with Gasteiger partial charge in [-0.25, -0.2) is 5.43 Å². The number of hydrogen-bond acceptors (Lipinski definition) is 4. The zero-order chi connectivity index (χ0) is 9.40. The van der Waals surface area contributed by atoms with Gasteiger partial charge in [0.05, 0.1) is 0 Å². The first-order chi connectivity index (χ1) is 5.72. The second-order valence-corrected chi connectivity index (χ2v) is 2.23. The van der Waals surface area contributed by atoms with Gasteiger partial charge in [0.25, 0.3) is 0 Å². The van der Waals surface area contributed by atoms with E-state index in [9.17, 15) is 9.59 Å². The summed E-state index contributed by atoms with van der Waals surface area (Å²) in [5.41, 5.74) is 9.61. The van der Waals surface area contributed by atoms with E-state index in [1.807, 2.05) is 0 Å². The molecule has 1 atom stereocenters. The maximum absolute atomic E-state index is 10.5. The van der Waals surface area contributed by atoms with Crippen LogP contribution in [0, 0.1) is 0 Å². The summed E-state index contributed by atoms with van der Waals surface area (Å²) in [6.45, 7) is 0.437. The minimum absolute atomic E-state index is 0.387. The van der Waals surface area contributed by atoms with E-state index in [4.69, 9.17) is 10.8 Å². The Morgan fingerprint density at radius 1 is 1.67 bits per heavy atom. The van der Waals surface area contributed by atoms with Crippen LogP contribution in [-0.2, 0) is 9.59 Å². The normalized spacial score (nSPS) is 12.1. The predicted molar refractivity (Wildman–Crippen MR) is 42.0 cm³/mol. The van der Waals surface area contributed by atoms with Gasteiger partial charge in [-0.05, 0) is 19.4 Å². The quantitative estimate of drug-likeness (QED) is 0.276. The van der Waals surface area contributed by atoms with Crippen molar-refractivity contribution < 1.29 is 14.7 Å². The lowest BCUT2D eigenvalue weighted by Crippen LogP contribution is -2.45. The van der Waals surface area contributed by atoms with Crippen LogP contribution in [0.1, 0.15) is 12.8 Å². The molecule has 5 N–H and O–H groups in total. The van der Waals surface area contributed by atoms with E-state index in [0.717, 1.165) is 0 Å². The molecule has 0 unspecified atom stereocenters. The highest BCUT2D eigenvalue weighted by molar-refractivity contribution is 5.73. The molecular formula is C6H13N3O3. The molecule has 0 radical (unpaired) electrons. The molecule has 70 valence electrons. The minimum atomic E-state index is -1.00. The Bertz CT molecular complexity index is 151. The Morgan fingerprint density at radius 3 is 2.75 bits per heavy atom. The first kappa shape index (κ1) is 10.9. The van der Waals surface area contributed by atoms with E-state index in [1.54, 1.807) is 0 Å². The van der Waals surface area contributed by atoms with Crippen molar-refractivity contribution in [2.75, 3.05) is 6.54 Å². The number of carbonyl (C=O) groups is 2. The minimum Gasteiger partial charge on any atom is -0.480 e. The Hall–Kier alpha value is -1.14. The number of aliphatic carboxylic acids is 1. The van der Waals surface area contributed by atoms with Crippen molar-refractivity contribution in [2.45, 2.75) is 18.9 Å². The molecule has 12 heavy (non-hydrogen) atoms. The smallest absolute Gasteiger partial charge is 0.322 e. The zero-order valence-corrected chi connectivity index (χ0v) is 6.62. The molecule has 0 rings (SSSR count). The Labute approximate surface area is 70.1 Å². The Balaban J connectivity index is 3.69. The summed E-state index contributed by atoms with van der Waals surface area (Å²) < 4.78 is 0. The SMILES string of the molecule is NCCC[C@H](NNC=O)C(=O)O.